The Kier molecular flexibility index (Phi) is 4.59. The monoisotopic (exact) mass is 286 g/mol. The highest BCUT2D eigenvalue weighted by Crippen LogP contribution is 2.36. The minimum Gasteiger partial charge on any atom is -0.339 e. The molecule has 0 bridgehead atoms. The number of hydrogen-bond donors (Lipinski definition) is 1. The molecule has 0 spiro atoms. The first-order valence-corrected chi connectivity index (χ1v) is 8.34. The maximum atomic E-state index is 12.9. The van der Waals surface area contributed by atoms with Crippen LogP contribution < -0.4 is 5.73 Å². The predicted molar refractivity (Wildman–Crippen MR) is 84.8 cm³/mol. The second kappa shape index (κ2) is 6.61. The minimum atomic E-state index is -0.0620. The smallest absolute Gasteiger partial charge is 0.227 e. The van der Waals surface area contributed by atoms with Crippen LogP contribution in [-0.2, 0) is 11.2 Å². The summed E-state index contributed by atoms with van der Waals surface area (Å²) in [7, 11) is 0. The van der Waals surface area contributed by atoms with E-state index in [1.54, 1.807) is 0 Å². The van der Waals surface area contributed by atoms with Crippen LogP contribution in [0, 0.1) is 11.8 Å². The summed E-state index contributed by atoms with van der Waals surface area (Å²) in [5.74, 6) is 0.974. The van der Waals surface area contributed by atoms with Gasteiger partial charge in [-0.25, -0.2) is 0 Å². The van der Waals surface area contributed by atoms with Gasteiger partial charge in [0.05, 0.1) is 5.92 Å². The Labute approximate surface area is 127 Å². The van der Waals surface area contributed by atoms with Crippen molar-refractivity contribution in [3.8, 4) is 0 Å². The number of carbonyl (C=O) groups excluding carboxylic acids is 1. The van der Waals surface area contributed by atoms with Gasteiger partial charge in [0.15, 0.2) is 0 Å². The molecule has 1 saturated carbocycles. The zero-order valence-electron chi connectivity index (χ0n) is 12.7. The van der Waals surface area contributed by atoms with Crippen molar-refractivity contribution < 1.29 is 4.79 Å². The van der Waals surface area contributed by atoms with Gasteiger partial charge in [-0.15, -0.1) is 0 Å². The van der Waals surface area contributed by atoms with Crippen molar-refractivity contribution in [2.75, 3.05) is 13.1 Å². The maximum Gasteiger partial charge on any atom is 0.227 e. The molecule has 0 radical (unpaired) electrons. The summed E-state index contributed by atoms with van der Waals surface area (Å²) in [4.78, 5) is 15.0. The normalized spacial score (nSPS) is 26.4. The van der Waals surface area contributed by atoms with E-state index in [2.05, 4.69) is 17.0 Å². The van der Waals surface area contributed by atoms with Crippen molar-refractivity contribution in [3.63, 3.8) is 0 Å². The Morgan fingerprint density at radius 3 is 2.71 bits per heavy atom. The van der Waals surface area contributed by atoms with E-state index in [0.29, 0.717) is 12.6 Å². The van der Waals surface area contributed by atoms with Crippen molar-refractivity contribution in [2.24, 2.45) is 17.6 Å². The summed E-state index contributed by atoms with van der Waals surface area (Å²) in [5.41, 5.74) is 7.12. The average molecular weight is 286 g/mol. The van der Waals surface area contributed by atoms with Crippen molar-refractivity contribution in [3.05, 3.63) is 35.9 Å². The van der Waals surface area contributed by atoms with Gasteiger partial charge in [0.2, 0.25) is 5.91 Å². The number of likely N-dealkylation sites (tertiary alicyclic amines) is 1. The van der Waals surface area contributed by atoms with E-state index in [-0.39, 0.29) is 11.8 Å². The van der Waals surface area contributed by atoms with Gasteiger partial charge in [0, 0.05) is 19.1 Å². The second-order valence-corrected chi connectivity index (χ2v) is 6.55. The molecule has 1 amide bonds. The Balaban J connectivity index is 1.67. The van der Waals surface area contributed by atoms with E-state index in [1.165, 1.54) is 37.7 Å². The van der Waals surface area contributed by atoms with Gasteiger partial charge in [0.1, 0.15) is 0 Å². The number of carbonyl (C=O) groups is 1. The Morgan fingerprint density at radius 1 is 1.19 bits per heavy atom. The van der Waals surface area contributed by atoms with Gasteiger partial charge in [-0.2, -0.15) is 0 Å². The highest BCUT2D eigenvalue weighted by molar-refractivity contribution is 5.80. The van der Waals surface area contributed by atoms with Crippen LogP contribution >= 0.6 is 0 Å². The average Bonchev–Trinajstić information content (AvgIpc) is 2.97. The lowest BCUT2D eigenvalue weighted by Gasteiger charge is -2.33. The highest BCUT2D eigenvalue weighted by atomic mass is 16.2. The first kappa shape index (κ1) is 14.6. The Bertz CT molecular complexity index is 473. The lowest BCUT2D eigenvalue weighted by atomic mass is 9.85. The summed E-state index contributed by atoms with van der Waals surface area (Å²) in [6, 6.07) is 10.7. The number of hydrogen-bond acceptors (Lipinski definition) is 2. The summed E-state index contributed by atoms with van der Waals surface area (Å²) in [6.07, 6.45) is 7.08. The molecule has 3 heteroatoms. The van der Waals surface area contributed by atoms with E-state index < -0.39 is 0 Å². The zero-order valence-corrected chi connectivity index (χ0v) is 12.7. The molecule has 114 valence electrons. The van der Waals surface area contributed by atoms with Crippen LogP contribution in [-0.4, -0.2) is 29.9 Å². The summed E-state index contributed by atoms with van der Waals surface area (Å²) in [6.45, 7) is 1.39. The summed E-state index contributed by atoms with van der Waals surface area (Å²) >= 11 is 0. The molecule has 1 heterocycles. The summed E-state index contributed by atoms with van der Waals surface area (Å²) < 4.78 is 0. The molecular formula is C18H26N2O. The molecule has 3 unspecified atom stereocenters. The molecular weight excluding hydrogens is 260 g/mol. The molecule has 1 aliphatic heterocycles. The number of benzene rings is 1. The minimum absolute atomic E-state index is 0.0620. The fourth-order valence-electron chi connectivity index (χ4n) is 4.08. The molecule has 3 rings (SSSR count). The summed E-state index contributed by atoms with van der Waals surface area (Å²) in [5, 5.41) is 0. The molecule has 1 aliphatic carbocycles. The number of rotatable bonds is 4. The van der Waals surface area contributed by atoms with E-state index >= 15 is 0 Å². The molecule has 21 heavy (non-hydrogen) atoms. The largest absolute Gasteiger partial charge is 0.339 e. The van der Waals surface area contributed by atoms with Crippen LogP contribution in [0.5, 0.6) is 0 Å². The van der Waals surface area contributed by atoms with Crippen molar-refractivity contribution in [2.45, 2.75) is 44.6 Å². The first-order chi connectivity index (χ1) is 10.3. The molecule has 1 aromatic rings. The molecule has 2 N–H and O–H groups in total. The van der Waals surface area contributed by atoms with Crippen molar-refractivity contribution in [1.82, 2.24) is 4.90 Å². The third-order valence-corrected chi connectivity index (χ3v) is 5.25. The van der Waals surface area contributed by atoms with Crippen molar-refractivity contribution in [1.29, 1.82) is 0 Å². The van der Waals surface area contributed by atoms with Gasteiger partial charge >= 0.3 is 0 Å². The quantitative estimate of drug-likeness (QED) is 0.924. The number of nitrogens with two attached hydrogens (primary N) is 1. The lowest BCUT2D eigenvalue weighted by Crippen LogP contribution is -2.44. The fraction of sp³-hybridized carbons (Fsp3) is 0.611. The van der Waals surface area contributed by atoms with E-state index in [1.807, 2.05) is 18.2 Å². The SMILES string of the molecule is NCC(Cc1ccccc1)C(=O)N1CCC2CCCCC21. The fourth-order valence-corrected chi connectivity index (χ4v) is 4.08. The maximum absolute atomic E-state index is 12.9. The lowest BCUT2D eigenvalue weighted by molar-refractivity contribution is -0.136. The van der Waals surface area contributed by atoms with E-state index in [4.69, 9.17) is 5.73 Å². The third-order valence-electron chi connectivity index (χ3n) is 5.25. The third kappa shape index (κ3) is 3.13. The van der Waals surface area contributed by atoms with Crippen LogP contribution in [0.3, 0.4) is 0 Å². The zero-order chi connectivity index (χ0) is 14.7. The van der Waals surface area contributed by atoms with Crippen molar-refractivity contribution >= 4 is 5.91 Å². The van der Waals surface area contributed by atoms with Gasteiger partial charge < -0.3 is 10.6 Å². The van der Waals surface area contributed by atoms with Gasteiger partial charge in [-0.05, 0) is 37.2 Å². The number of nitrogens with zero attached hydrogens (tertiary/aromatic N) is 1. The standard InChI is InChI=1S/C18H26N2O/c19-13-16(12-14-6-2-1-3-7-14)18(21)20-11-10-15-8-4-5-9-17(15)20/h1-3,6-7,15-17H,4-5,8-13,19H2. The molecule has 0 aromatic heterocycles. The Morgan fingerprint density at radius 2 is 1.95 bits per heavy atom. The molecule has 1 aromatic carbocycles. The molecule has 1 saturated heterocycles. The van der Waals surface area contributed by atoms with Crippen LogP contribution in [0.15, 0.2) is 30.3 Å². The van der Waals surface area contributed by atoms with Gasteiger partial charge in [0.25, 0.3) is 0 Å². The molecule has 3 atom stereocenters. The first-order valence-electron chi connectivity index (χ1n) is 8.34. The van der Waals surface area contributed by atoms with Crippen LogP contribution in [0.1, 0.15) is 37.7 Å². The van der Waals surface area contributed by atoms with E-state index in [9.17, 15) is 4.79 Å². The topological polar surface area (TPSA) is 46.3 Å². The second-order valence-electron chi connectivity index (χ2n) is 6.55. The number of amides is 1. The molecule has 2 aliphatic rings. The number of fused-ring (bicyclic) bond motifs is 1. The van der Waals surface area contributed by atoms with Gasteiger partial charge in [-0.3, -0.25) is 4.79 Å². The van der Waals surface area contributed by atoms with Crippen LogP contribution in [0.25, 0.3) is 0 Å². The van der Waals surface area contributed by atoms with Crippen LogP contribution in [0.2, 0.25) is 0 Å². The van der Waals surface area contributed by atoms with E-state index in [0.717, 1.165) is 18.9 Å². The molecule has 2 fully saturated rings. The predicted octanol–water partition coefficient (Wildman–Crippen LogP) is 2.60. The Hall–Kier alpha value is -1.35. The van der Waals surface area contributed by atoms with Gasteiger partial charge in [-0.1, -0.05) is 43.2 Å². The molecule has 3 nitrogen and oxygen atoms in total. The highest BCUT2D eigenvalue weighted by Gasteiger charge is 2.39. The van der Waals surface area contributed by atoms with Crippen LogP contribution in [0.4, 0.5) is 0 Å².